The van der Waals surface area contributed by atoms with Crippen LogP contribution in [-0.2, 0) is 20.8 Å². The summed E-state index contributed by atoms with van der Waals surface area (Å²) in [7, 11) is 1.25. The van der Waals surface area contributed by atoms with Crippen LogP contribution in [0.4, 0.5) is 4.79 Å². The second-order valence-corrected chi connectivity index (χ2v) is 4.23. The summed E-state index contributed by atoms with van der Waals surface area (Å²) in [5.74, 6) is 0.0408. The standard InChI is InChI=1S/C14H19NO4/c1-11(16)8-13(10-19-14(17)18-2)15-9-12-6-4-3-5-7-12/h3-7,13,15H,8-10H2,1-2H3. The Balaban J connectivity index is 2.45. The van der Waals surface area contributed by atoms with Crippen molar-refractivity contribution in [1.29, 1.82) is 0 Å². The number of carbonyl (C=O) groups is 2. The first kappa shape index (κ1) is 15.2. The Morgan fingerprint density at radius 3 is 2.53 bits per heavy atom. The Morgan fingerprint density at radius 1 is 1.26 bits per heavy atom. The van der Waals surface area contributed by atoms with E-state index < -0.39 is 6.16 Å². The van der Waals surface area contributed by atoms with Gasteiger partial charge < -0.3 is 14.8 Å². The number of nitrogens with one attached hydrogen (secondary N) is 1. The molecule has 19 heavy (non-hydrogen) atoms. The summed E-state index contributed by atoms with van der Waals surface area (Å²) in [5.41, 5.74) is 1.11. The minimum atomic E-state index is -0.741. The molecule has 0 spiro atoms. The molecule has 0 amide bonds. The first-order valence-electron chi connectivity index (χ1n) is 6.09. The van der Waals surface area contributed by atoms with E-state index in [1.165, 1.54) is 14.0 Å². The third kappa shape index (κ3) is 6.57. The summed E-state index contributed by atoms with van der Waals surface area (Å²) >= 11 is 0. The molecule has 0 radical (unpaired) electrons. The largest absolute Gasteiger partial charge is 0.508 e. The van der Waals surface area contributed by atoms with Gasteiger partial charge in [0.25, 0.3) is 0 Å². The van der Waals surface area contributed by atoms with Gasteiger partial charge in [-0.15, -0.1) is 0 Å². The molecule has 0 heterocycles. The molecule has 0 saturated carbocycles. The third-order valence-electron chi connectivity index (χ3n) is 2.54. The topological polar surface area (TPSA) is 64.6 Å². The lowest BCUT2D eigenvalue weighted by Crippen LogP contribution is -2.35. The van der Waals surface area contributed by atoms with Gasteiger partial charge in [0.1, 0.15) is 12.4 Å². The van der Waals surface area contributed by atoms with E-state index in [0.717, 1.165) is 5.56 Å². The van der Waals surface area contributed by atoms with Crippen molar-refractivity contribution >= 4 is 11.9 Å². The zero-order valence-electron chi connectivity index (χ0n) is 11.2. The molecule has 0 aliphatic heterocycles. The molecular formula is C14H19NO4. The summed E-state index contributed by atoms with van der Waals surface area (Å²) in [6.45, 7) is 2.23. The minimum Gasteiger partial charge on any atom is -0.438 e. The molecule has 0 fully saturated rings. The Labute approximate surface area is 112 Å². The van der Waals surface area contributed by atoms with Crippen LogP contribution >= 0.6 is 0 Å². The zero-order valence-corrected chi connectivity index (χ0v) is 11.2. The Bertz CT molecular complexity index is 405. The number of Topliss-reactive ketones (excluding diaryl/α,β-unsaturated/α-hetero) is 1. The summed E-state index contributed by atoms with van der Waals surface area (Å²) in [6.07, 6.45) is -0.431. The van der Waals surface area contributed by atoms with E-state index in [1.54, 1.807) is 0 Å². The van der Waals surface area contributed by atoms with Crippen LogP contribution in [0.2, 0.25) is 0 Å². The molecule has 0 aliphatic rings. The Morgan fingerprint density at radius 2 is 1.95 bits per heavy atom. The number of methoxy groups -OCH3 is 1. The van der Waals surface area contributed by atoms with Gasteiger partial charge >= 0.3 is 6.16 Å². The first-order valence-corrected chi connectivity index (χ1v) is 6.09. The van der Waals surface area contributed by atoms with Gasteiger partial charge in [-0.1, -0.05) is 30.3 Å². The molecule has 1 N–H and O–H groups in total. The SMILES string of the molecule is COC(=O)OCC(CC(C)=O)NCc1ccccc1. The highest BCUT2D eigenvalue weighted by Crippen LogP contribution is 2.01. The van der Waals surface area contributed by atoms with Crippen molar-refractivity contribution in [2.45, 2.75) is 25.9 Å². The fourth-order valence-corrected chi connectivity index (χ4v) is 1.62. The van der Waals surface area contributed by atoms with E-state index >= 15 is 0 Å². The van der Waals surface area contributed by atoms with Crippen LogP contribution in [-0.4, -0.2) is 31.7 Å². The number of ketones is 1. The molecule has 0 aliphatic carbocycles. The van der Waals surface area contributed by atoms with E-state index in [1.807, 2.05) is 30.3 Å². The Hall–Kier alpha value is -1.88. The maximum absolute atomic E-state index is 11.2. The van der Waals surface area contributed by atoms with E-state index in [2.05, 4.69) is 10.1 Å². The monoisotopic (exact) mass is 265 g/mol. The van der Waals surface area contributed by atoms with Crippen LogP contribution in [0.3, 0.4) is 0 Å². The van der Waals surface area contributed by atoms with Gasteiger partial charge in [0.05, 0.1) is 7.11 Å². The van der Waals surface area contributed by atoms with E-state index in [0.29, 0.717) is 13.0 Å². The quantitative estimate of drug-likeness (QED) is 0.763. The lowest BCUT2D eigenvalue weighted by molar-refractivity contribution is -0.117. The molecule has 1 rings (SSSR count). The van der Waals surface area contributed by atoms with Gasteiger partial charge in [-0.3, -0.25) is 4.79 Å². The van der Waals surface area contributed by atoms with Crippen LogP contribution in [0.25, 0.3) is 0 Å². The molecule has 0 aromatic heterocycles. The van der Waals surface area contributed by atoms with E-state index in [9.17, 15) is 9.59 Å². The molecule has 5 nitrogen and oxygen atoms in total. The fraction of sp³-hybridized carbons (Fsp3) is 0.429. The number of carbonyl (C=O) groups excluding carboxylic acids is 2. The van der Waals surface area contributed by atoms with Crippen molar-refractivity contribution in [2.75, 3.05) is 13.7 Å². The molecular weight excluding hydrogens is 246 g/mol. The normalized spacial score (nSPS) is 11.7. The highest BCUT2D eigenvalue weighted by Gasteiger charge is 2.13. The van der Waals surface area contributed by atoms with Gasteiger partial charge in [-0.2, -0.15) is 0 Å². The van der Waals surface area contributed by atoms with Crippen molar-refractivity contribution in [2.24, 2.45) is 0 Å². The highest BCUT2D eigenvalue weighted by molar-refractivity contribution is 5.76. The molecule has 0 saturated heterocycles. The zero-order chi connectivity index (χ0) is 14.1. The average molecular weight is 265 g/mol. The van der Waals surface area contributed by atoms with Crippen molar-refractivity contribution in [3.05, 3.63) is 35.9 Å². The number of hydrogen-bond acceptors (Lipinski definition) is 5. The van der Waals surface area contributed by atoms with Gasteiger partial charge in [-0.25, -0.2) is 4.79 Å². The predicted octanol–water partition coefficient (Wildman–Crippen LogP) is 1.91. The van der Waals surface area contributed by atoms with Crippen molar-refractivity contribution in [3.8, 4) is 0 Å². The van der Waals surface area contributed by atoms with E-state index in [4.69, 9.17) is 4.74 Å². The molecule has 104 valence electrons. The van der Waals surface area contributed by atoms with Crippen LogP contribution in [0.5, 0.6) is 0 Å². The van der Waals surface area contributed by atoms with Crippen molar-refractivity contribution in [3.63, 3.8) is 0 Å². The van der Waals surface area contributed by atoms with Crippen LogP contribution < -0.4 is 5.32 Å². The summed E-state index contributed by atoms with van der Waals surface area (Å²) in [4.78, 5) is 22.1. The molecule has 1 unspecified atom stereocenters. The van der Waals surface area contributed by atoms with Gasteiger partial charge in [-0.05, 0) is 12.5 Å². The fourth-order valence-electron chi connectivity index (χ4n) is 1.62. The lowest BCUT2D eigenvalue weighted by Gasteiger charge is -2.17. The highest BCUT2D eigenvalue weighted by atomic mass is 16.7. The summed E-state index contributed by atoms with van der Waals surface area (Å²) < 4.78 is 9.26. The lowest BCUT2D eigenvalue weighted by atomic mass is 10.1. The van der Waals surface area contributed by atoms with E-state index in [-0.39, 0.29) is 18.4 Å². The van der Waals surface area contributed by atoms with Gasteiger partial charge in [0, 0.05) is 19.0 Å². The van der Waals surface area contributed by atoms with Crippen LogP contribution in [0.1, 0.15) is 18.9 Å². The van der Waals surface area contributed by atoms with Crippen LogP contribution in [0.15, 0.2) is 30.3 Å². The molecule has 1 atom stereocenters. The average Bonchev–Trinajstić information content (AvgIpc) is 2.42. The number of rotatable bonds is 7. The number of hydrogen-bond donors (Lipinski definition) is 1. The first-order chi connectivity index (χ1) is 9.11. The second kappa shape index (κ2) is 8.26. The second-order valence-electron chi connectivity index (χ2n) is 4.23. The molecule has 1 aromatic carbocycles. The smallest absolute Gasteiger partial charge is 0.438 e. The van der Waals surface area contributed by atoms with Gasteiger partial charge in [0.15, 0.2) is 0 Å². The third-order valence-corrected chi connectivity index (χ3v) is 2.54. The number of ether oxygens (including phenoxy) is 2. The van der Waals surface area contributed by atoms with Crippen molar-refractivity contribution < 1.29 is 19.1 Å². The molecule has 0 bridgehead atoms. The molecule has 1 aromatic rings. The van der Waals surface area contributed by atoms with Crippen LogP contribution in [0, 0.1) is 0 Å². The Kier molecular flexibility index (Phi) is 6.60. The van der Waals surface area contributed by atoms with Gasteiger partial charge in [0.2, 0.25) is 0 Å². The van der Waals surface area contributed by atoms with Crippen molar-refractivity contribution in [1.82, 2.24) is 5.32 Å². The number of benzene rings is 1. The maximum Gasteiger partial charge on any atom is 0.508 e. The minimum absolute atomic E-state index is 0.0408. The summed E-state index contributed by atoms with van der Waals surface area (Å²) in [6, 6.07) is 9.59. The summed E-state index contributed by atoms with van der Waals surface area (Å²) in [5, 5.41) is 3.19. The molecule has 5 heteroatoms. The predicted molar refractivity (Wildman–Crippen MR) is 70.7 cm³/mol. The maximum atomic E-state index is 11.2.